The Bertz CT molecular complexity index is 595. The Morgan fingerprint density at radius 2 is 2.15 bits per heavy atom. The molecule has 0 spiro atoms. The van der Waals surface area contributed by atoms with Gasteiger partial charge in [0.2, 0.25) is 10.0 Å². The summed E-state index contributed by atoms with van der Waals surface area (Å²) in [5.74, 6) is -1.76. The number of hydrogen-bond donors (Lipinski definition) is 2. The normalized spacial score (nSPS) is 11.3. The van der Waals surface area contributed by atoms with Crippen LogP contribution in [0.2, 0.25) is 0 Å². The van der Waals surface area contributed by atoms with E-state index in [1.165, 1.54) is 12.5 Å². The number of nitrogens with zero attached hydrogens (tertiary/aromatic N) is 1. The smallest absolute Gasteiger partial charge is 0.323 e. The lowest BCUT2D eigenvalue weighted by atomic mass is 10.3. The number of thiophene rings is 1. The summed E-state index contributed by atoms with van der Waals surface area (Å²) in [5.41, 5.74) is 0.0800. The van der Waals surface area contributed by atoms with Crippen LogP contribution in [-0.2, 0) is 19.6 Å². The molecule has 1 aromatic rings. The molecule has 1 rings (SSSR count). The van der Waals surface area contributed by atoms with Crippen molar-refractivity contribution in [1.29, 1.82) is 0 Å². The first-order chi connectivity index (χ1) is 9.25. The molecular weight excluding hydrogens is 308 g/mol. The minimum atomic E-state index is -3.87. The fourth-order valence-corrected chi connectivity index (χ4v) is 2.96. The van der Waals surface area contributed by atoms with Crippen LogP contribution in [0.25, 0.3) is 0 Å². The van der Waals surface area contributed by atoms with Crippen molar-refractivity contribution in [3.63, 3.8) is 0 Å². The maximum Gasteiger partial charge on any atom is 0.323 e. The Morgan fingerprint density at radius 1 is 1.50 bits per heavy atom. The van der Waals surface area contributed by atoms with Crippen LogP contribution >= 0.6 is 11.3 Å². The molecular formula is C10H14N2O6S2. The fraction of sp³-hybridized carbons (Fsp3) is 0.400. The minimum absolute atomic E-state index is 0.0800. The number of carbonyl (C=O) groups excluding carboxylic acids is 1. The van der Waals surface area contributed by atoms with Crippen LogP contribution < -0.4 is 5.14 Å². The predicted octanol–water partition coefficient (Wildman–Crippen LogP) is -0.431. The van der Waals surface area contributed by atoms with E-state index in [4.69, 9.17) is 15.0 Å². The molecule has 0 saturated carbocycles. The molecule has 8 nitrogen and oxygen atoms in total. The lowest BCUT2D eigenvalue weighted by molar-refractivity contribution is -0.137. The molecule has 1 amide bonds. The highest BCUT2D eigenvalue weighted by Crippen LogP contribution is 2.20. The maximum atomic E-state index is 12.1. The quantitative estimate of drug-likeness (QED) is 0.701. The third kappa shape index (κ3) is 4.56. The zero-order chi connectivity index (χ0) is 15.3. The monoisotopic (exact) mass is 322 g/mol. The first-order valence-corrected chi connectivity index (χ1v) is 7.79. The van der Waals surface area contributed by atoms with Gasteiger partial charge < -0.3 is 14.7 Å². The van der Waals surface area contributed by atoms with Crippen molar-refractivity contribution < 1.29 is 27.9 Å². The Labute approximate surface area is 119 Å². The molecule has 0 radical (unpaired) electrons. The molecule has 20 heavy (non-hydrogen) atoms. The van der Waals surface area contributed by atoms with E-state index in [2.05, 4.69) is 0 Å². The van der Waals surface area contributed by atoms with Gasteiger partial charge in [-0.25, -0.2) is 13.6 Å². The number of carboxylic acid groups (broad SMARTS) is 1. The lowest BCUT2D eigenvalue weighted by Crippen LogP contribution is -2.37. The molecule has 0 saturated heterocycles. The number of methoxy groups -OCH3 is 1. The first-order valence-electron chi connectivity index (χ1n) is 5.37. The van der Waals surface area contributed by atoms with Gasteiger partial charge in [-0.15, -0.1) is 11.3 Å². The summed E-state index contributed by atoms with van der Waals surface area (Å²) in [6, 6.07) is 1.13. The van der Waals surface area contributed by atoms with Crippen molar-refractivity contribution in [2.24, 2.45) is 5.14 Å². The summed E-state index contributed by atoms with van der Waals surface area (Å²) in [6.45, 7) is -0.240. The van der Waals surface area contributed by atoms with E-state index in [0.29, 0.717) is 0 Å². The predicted molar refractivity (Wildman–Crippen MR) is 71.1 cm³/mol. The van der Waals surface area contributed by atoms with E-state index in [1.807, 2.05) is 0 Å². The van der Waals surface area contributed by atoms with Gasteiger partial charge in [0.05, 0.1) is 12.2 Å². The molecule has 0 atom stereocenters. The second kappa shape index (κ2) is 6.79. The van der Waals surface area contributed by atoms with E-state index in [9.17, 15) is 18.0 Å². The van der Waals surface area contributed by atoms with Crippen molar-refractivity contribution in [2.75, 3.05) is 26.8 Å². The molecule has 0 aromatic carbocycles. The number of primary sulfonamides is 1. The molecule has 0 aliphatic carbocycles. The Hall–Kier alpha value is -1.49. The number of nitrogens with two attached hydrogens (primary N) is 1. The summed E-state index contributed by atoms with van der Waals surface area (Å²) in [4.78, 5) is 23.9. The first kappa shape index (κ1) is 16.6. The molecule has 0 aliphatic rings. The number of carboxylic acids is 1. The highest BCUT2D eigenvalue weighted by Gasteiger charge is 2.21. The van der Waals surface area contributed by atoms with Crippen LogP contribution in [0.1, 0.15) is 10.4 Å². The largest absolute Gasteiger partial charge is 0.480 e. The van der Waals surface area contributed by atoms with E-state index >= 15 is 0 Å². The molecule has 0 aliphatic heterocycles. The van der Waals surface area contributed by atoms with E-state index < -0.39 is 28.4 Å². The van der Waals surface area contributed by atoms with Gasteiger partial charge in [-0.1, -0.05) is 0 Å². The van der Waals surface area contributed by atoms with Crippen LogP contribution in [-0.4, -0.2) is 57.1 Å². The average Bonchev–Trinajstić information content (AvgIpc) is 2.82. The molecule has 0 unspecified atom stereocenters. The van der Waals surface area contributed by atoms with Gasteiger partial charge in [0, 0.05) is 19.0 Å². The summed E-state index contributed by atoms with van der Waals surface area (Å²) in [5, 5.41) is 15.0. The van der Waals surface area contributed by atoms with Crippen LogP contribution in [0.4, 0.5) is 0 Å². The highest BCUT2D eigenvalue weighted by molar-refractivity contribution is 7.91. The molecule has 3 N–H and O–H groups in total. The molecule has 0 bridgehead atoms. The lowest BCUT2D eigenvalue weighted by Gasteiger charge is -2.19. The van der Waals surface area contributed by atoms with Crippen LogP contribution in [0.5, 0.6) is 0 Å². The number of ether oxygens (including phenoxy) is 1. The second-order valence-electron chi connectivity index (χ2n) is 3.81. The standard InChI is InChI=1S/C10H14N2O6S2/c1-18-3-2-12(5-8(13)14)10(15)7-4-9(19-6-7)20(11,16)17/h4,6H,2-3,5H2,1H3,(H,13,14)(H2,11,16,17). The molecule has 10 heteroatoms. The van der Waals surface area contributed by atoms with E-state index in [-0.39, 0.29) is 22.9 Å². The van der Waals surface area contributed by atoms with Crippen molar-refractivity contribution >= 4 is 33.2 Å². The second-order valence-corrected chi connectivity index (χ2v) is 6.51. The molecule has 1 aromatic heterocycles. The number of hydrogen-bond acceptors (Lipinski definition) is 6. The van der Waals surface area contributed by atoms with Gasteiger partial charge in [-0.3, -0.25) is 9.59 Å². The summed E-state index contributed by atoms with van der Waals surface area (Å²) < 4.78 is 26.9. The van der Waals surface area contributed by atoms with E-state index in [1.54, 1.807) is 0 Å². The van der Waals surface area contributed by atoms with Crippen molar-refractivity contribution in [3.05, 3.63) is 17.0 Å². The van der Waals surface area contributed by atoms with Crippen LogP contribution in [0.15, 0.2) is 15.7 Å². The van der Waals surface area contributed by atoms with Crippen LogP contribution in [0.3, 0.4) is 0 Å². The topological polar surface area (TPSA) is 127 Å². The van der Waals surface area contributed by atoms with Crippen molar-refractivity contribution in [2.45, 2.75) is 4.21 Å². The van der Waals surface area contributed by atoms with Crippen molar-refractivity contribution in [3.8, 4) is 0 Å². The Balaban J connectivity index is 2.93. The number of amides is 1. The highest BCUT2D eigenvalue weighted by atomic mass is 32.2. The zero-order valence-electron chi connectivity index (χ0n) is 10.6. The SMILES string of the molecule is COCCN(CC(=O)O)C(=O)c1csc(S(N)(=O)=O)c1. The molecule has 1 heterocycles. The number of carbonyl (C=O) groups is 2. The zero-order valence-corrected chi connectivity index (χ0v) is 12.2. The van der Waals surface area contributed by atoms with Gasteiger partial charge in [0.1, 0.15) is 10.8 Å². The number of sulfonamides is 1. The molecule has 112 valence electrons. The third-order valence-electron chi connectivity index (χ3n) is 2.28. The Morgan fingerprint density at radius 3 is 2.60 bits per heavy atom. The van der Waals surface area contributed by atoms with Gasteiger partial charge >= 0.3 is 5.97 Å². The maximum absolute atomic E-state index is 12.1. The van der Waals surface area contributed by atoms with Crippen LogP contribution in [0, 0.1) is 0 Å². The fourth-order valence-electron chi connectivity index (χ4n) is 1.38. The Kier molecular flexibility index (Phi) is 5.62. The number of aliphatic carboxylic acids is 1. The minimum Gasteiger partial charge on any atom is -0.480 e. The summed E-state index contributed by atoms with van der Waals surface area (Å²) >= 11 is 0.806. The average molecular weight is 322 g/mol. The van der Waals surface area contributed by atoms with Gasteiger partial charge in [-0.2, -0.15) is 0 Å². The summed E-state index contributed by atoms with van der Waals surface area (Å²) in [7, 11) is -2.45. The number of rotatable bonds is 7. The van der Waals surface area contributed by atoms with Gasteiger partial charge in [0.25, 0.3) is 5.91 Å². The summed E-state index contributed by atoms with van der Waals surface area (Å²) in [6.07, 6.45) is 0. The van der Waals surface area contributed by atoms with Gasteiger partial charge in [-0.05, 0) is 6.07 Å². The van der Waals surface area contributed by atoms with E-state index in [0.717, 1.165) is 22.3 Å². The van der Waals surface area contributed by atoms with Gasteiger partial charge in [0.15, 0.2) is 0 Å². The molecule has 0 fully saturated rings. The van der Waals surface area contributed by atoms with Crippen molar-refractivity contribution in [1.82, 2.24) is 4.90 Å². The third-order valence-corrected chi connectivity index (χ3v) is 4.67.